The fraction of sp³-hybridized carbons (Fsp3) is 0.571. The van der Waals surface area contributed by atoms with E-state index in [0.717, 1.165) is 6.26 Å². The number of rotatable bonds is 6. The number of carbonyl (C=O) groups is 1. The maximum absolute atomic E-state index is 12.1. The standard InChI is InChI=1S/C14H20N6O4S/c1-25(22,23)20-6-2-4-10(20)14(21)24-7-3-5-19-9-18-11-12(15)16-8-17-13(11)19/h8-10H,2-7H2,1H3,(H2,15,16,17)/t10-/m0/s1. The number of imidazole rings is 1. The number of esters is 1. The molecular weight excluding hydrogens is 348 g/mol. The third-order valence-corrected chi connectivity index (χ3v) is 5.41. The summed E-state index contributed by atoms with van der Waals surface area (Å²) < 4.78 is 31.6. The molecule has 0 saturated carbocycles. The Morgan fingerprint density at radius 1 is 1.40 bits per heavy atom. The van der Waals surface area contributed by atoms with Gasteiger partial charge < -0.3 is 15.0 Å². The van der Waals surface area contributed by atoms with Crippen molar-refractivity contribution in [3.05, 3.63) is 12.7 Å². The number of carbonyl (C=O) groups excluding carboxylic acids is 1. The highest BCUT2D eigenvalue weighted by atomic mass is 32.2. The van der Waals surface area contributed by atoms with Crippen LogP contribution in [0, 0.1) is 0 Å². The lowest BCUT2D eigenvalue weighted by Gasteiger charge is -2.20. The highest BCUT2D eigenvalue weighted by molar-refractivity contribution is 7.88. The first-order valence-electron chi connectivity index (χ1n) is 7.92. The van der Waals surface area contributed by atoms with Crippen LogP contribution in [0.5, 0.6) is 0 Å². The topological polar surface area (TPSA) is 133 Å². The molecule has 1 saturated heterocycles. The summed E-state index contributed by atoms with van der Waals surface area (Å²) in [5, 5.41) is 0. The molecule has 25 heavy (non-hydrogen) atoms. The molecule has 0 radical (unpaired) electrons. The molecule has 2 aromatic heterocycles. The van der Waals surface area contributed by atoms with Crippen LogP contribution in [-0.2, 0) is 26.1 Å². The molecular formula is C14H20N6O4S. The van der Waals surface area contributed by atoms with Crippen LogP contribution in [0.15, 0.2) is 12.7 Å². The van der Waals surface area contributed by atoms with Crippen molar-refractivity contribution >= 4 is 33.0 Å². The maximum Gasteiger partial charge on any atom is 0.324 e. The lowest BCUT2D eigenvalue weighted by atomic mass is 10.2. The van der Waals surface area contributed by atoms with Crippen molar-refractivity contribution in [2.24, 2.45) is 0 Å². The number of anilines is 1. The number of nitrogen functional groups attached to an aromatic ring is 1. The summed E-state index contributed by atoms with van der Waals surface area (Å²) in [6, 6.07) is -0.711. The van der Waals surface area contributed by atoms with E-state index < -0.39 is 22.0 Å². The molecule has 11 heteroatoms. The summed E-state index contributed by atoms with van der Waals surface area (Å²) in [6.07, 6.45) is 5.79. The SMILES string of the molecule is CS(=O)(=O)N1CCC[C@H]1C(=O)OCCCn1cnc2c(N)ncnc21. The minimum absolute atomic E-state index is 0.188. The van der Waals surface area contributed by atoms with Gasteiger partial charge in [-0.05, 0) is 19.3 Å². The Hall–Kier alpha value is -2.27. The summed E-state index contributed by atoms with van der Waals surface area (Å²) in [5.74, 6) is -0.178. The molecule has 2 N–H and O–H groups in total. The predicted octanol–water partition coefficient (Wildman–Crippen LogP) is -0.234. The lowest BCUT2D eigenvalue weighted by Crippen LogP contribution is -2.40. The average Bonchev–Trinajstić information content (AvgIpc) is 3.19. The third kappa shape index (κ3) is 3.71. The molecule has 1 fully saturated rings. The molecule has 0 aromatic carbocycles. The van der Waals surface area contributed by atoms with Crippen molar-refractivity contribution in [2.45, 2.75) is 31.8 Å². The molecule has 0 spiro atoms. The van der Waals surface area contributed by atoms with E-state index >= 15 is 0 Å². The Kier molecular flexibility index (Phi) is 4.86. The van der Waals surface area contributed by atoms with Crippen LogP contribution < -0.4 is 5.73 Å². The van der Waals surface area contributed by atoms with Crippen LogP contribution in [0.25, 0.3) is 11.2 Å². The number of aryl methyl sites for hydroxylation is 1. The van der Waals surface area contributed by atoms with E-state index in [2.05, 4.69) is 15.0 Å². The van der Waals surface area contributed by atoms with Crippen LogP contribution in [0.2, 0.25) is 0 Å². The van der Waals surface area contributed by atoms with Crippen molar-refractivity contribution in [3.63, 3.8) is 0 Å². The number of aromatic nitrogens is 4. The van der Waals surface area contributed by atoms with E-state index in [9.17, 15) is 13.2 Å². The zero-order valence-corrected chi connectivity index (χ0v) is 14.6. The molecule has 0 amide bonds. The van der Waals surface area contributed by atoms with Gasteiger partial charge >= 0.3 is 5.97 Å². The minimum Gasteiger partial charge on any atom is -0.464 e. The predicted molar refractivity (Wildman–Crippen MR) is 89.9 cm³/mol. The number of nitrogens with two attached hydrogens (primary N) is 1. The molecule has 1 aliphatic rings. The Bertz CT molecular complexity index is 881. The second-order valence-electron chi connectivity index (χ2n) is 5.92. The molecule has 2 aromatic rings. The van der Waals surface area contributed by atoms with Crippen LogP contribution >= 0.6 is 0 Å². The molecule has 3 rings (SSSR count). The number of sulfonamides is 1. The molecule has 1 aliphatic heterocycles. The quantitative estimate of drug-likeness (QED) is 0.546. The summed E-state index contributed by atoms with van der Waals surface area (Å²) in [6.45, 7) is 1.09. The second-order valence-corrected chi connectivity index (χ2v) is 7.86. The van der Waals surface area contributed by atoms with Gasteiger partial charge in [0.25, 0.3) is 0 Å². The van der Waals surface area contributed by atoms with Gasteiger partial charge in [-0.2, -0.15) is 4.31 Å². The van der Waals surface area contributed by atoms with E-state index in [-0.39, 0.29) is 6.61 Å². The van der Waals surface area contributed by atoms with Crippen molar-refractivity contribution in [2.75, 3.05) is 25.1 Å². The summed E-state index contributed by atoms with van der Waals surface area (Å²) >= 11 is 0. The van der Waals surface area contributed by atoms with Crippen LogP contribution in [0.4, 0.5) is 5.82 Å². The van der Waals surface area contributed by atoms with Crippen molar-refractivity contribution < 1.29 is 17.9 Å². The smallest absolute Gasteiger partial charge is 0.324 e. The Morgan fingerprint density at radius 2 is 2.20 bits per heavy atom. The van der Waals surface area contributed by atoms with Gasteiger partial charge in [0.1, 0.15) is 17.9 Å². The third-order valence-electron chi connectivity index (χ3n) is 4.12. The molecule has 10 nitrogen and oxygen atoms in total. The molecule has 0 unspecified atom stereocenters. The number of fused-ring (bicyclic) bond motifs is 1. The molecule has 3 heterocycles. The molecule has 0 bridgehead atoms. The van der Waals surface area contributed by atoms with Crippen LogP contribution in [0.3, 0.4) is 0 Å². The summed E-state index contributed by atoms with van der Waals surface area (Å²) in [5.41, 5.74) is 6.89. The van der Waals surface area contributed by atoms with Crippen molar-refractivity contribution in [1.82, 2.24) is 23.8 Å². The number of hydrogen-bond donors (Lipinski definition) is 1. The second kappa shape index (κ2) is 6.92. The number of ether oxygens (including phenoxy) is 1. The zero-order chi connectivity index (χ0) is 18.0. The largest absolute Gasteiger partial charge is 0.464 e. The van der Waals surface area contributed by atoms with Crippen LogP contribution in [-0.4, -0.2) is 63.7 Å². The van der Waals surface area contributed by atoms with E-state index in [4.69, 9.17) is 10.5 Å². The van der Waals surface area contributed by atoms with E-state index in [1.54, 1.807) is 10.9 Å². The monoisotopic (exact) mass is 368 g/mol. The van der Waals surface area contributed by atoms with E-state index in [1.807, 2.05) is 0 Å². The average molecular weight is 368 g/mol. The zero-order valence-electron chi connectivity index (χ0n) is 13.8. The van der Waals surface area contributed by atoms with E-state index in [0.29, 0.717) is 49.3 Å². The van der Waals surface area contributed by atoms with Gasteiger partial charge in [-0.15, -0.1) is 0 Å². The summed E-state index contributed by atoms with van der Waals surface area (Å²) in [7, 11) is -3.40. The van der Waals surface area contributed by atoms with Crippen molar-refractivity contribution in [1.29, 1.82) is 0 Å². The first-order valence-corrected chi connectivity index (χ1v) is 9.77. The highest BCUT2D eigenvalue weighted by Crippen LogP contribution is 2.21. The molecule has 136 valence electrons. The highest BCUT2D eigenvalue weighted by Gasteiger charge is 2.37. The fourth-order valence-electron chi connectivity index (χ4n) is 2.94. The normalized spacial score (nSPS) is 18.7. The van der Waals surface area contributed by atoms with E-state index in [1.165, 1.54) is 10.6 Å². The number of hydrogen-bond acceptors (Lipinski definition) is 8. The van der Waals surface area contributed by atoms with Crippen molar-refractivity contribution in [3.8, 4) is 0 Å². The lowest BCUT2D eigenvalue weighted by molar-refractivity contribution is -0.147. The number of nitrogens with zero attached hydrogens (tertiary/aromatic N) is 5. The van der Waals surface area contributed by atoms with Gasteiger partial charge in [0.2, 0.25) is 10.0 Å². The van der Waals surface area contributed by atoms with Crippen LogP contribution in [0.1, 0.15) is 19.3 Å². The van der Waals surface area contributed by atoms with Gasteiger partial charge in [-0.3, -0.25) is 4.79 Å². The maximum atomic E-state index is 12.1. The van der Waals surface area contributed by atoms with Gasteiger partial charge in [0.15, 0.2) is 11.5 Å². The minimum atomic E-state index is -3.40. The Balaban J connectivity index is 1.53. The first-order chi connectivity index (χ1) is 11.9. The molecule has 1 atom stereocenters. The fourth-order valence-corrected chi connectivity index (χ4v) is 4.05. The molecule has 0 aliphatic carbocycles. The first kappa shape index (κ1) is 17.5. The van der Waals surface area contributed by atoms with Gasteiger partial charge in [0, 0.05) is 13.1 Å². The van der Waals surface area contributed by atoms with Gasteiger partial charge in [0.05, 0.1) is 19.2 Å². The van der Waals surface area contributed by atoms with Gasteiger partial charge in [-0.1, -0.05) is 0 Å². The van der Waals surface area contributed by atoms with Gasteiger partial charge in [-0.25, -0.2) is 23.4 Å². The Labute approximate surface area is 145 Å². The Morgan fingerprint density at radius 3 is 2.96 bits per heavy atom. The summed E-state index contributed by atoms with van der Waals surface area (Å²) in [4.78, 5) is 24.3.